The molecule has 0 saturated heterocycles. The Hall–Kier alpha value is -0.600. The Labute approximate surface area is 61.1 Å². The molecule has 10 heavy (non-hydrogen) atoms. The van der Waals surface area contributed by atoms with E-state index >= 15 is 0 Å². The first-order valence-electron chi connectivity index (χ1n) is 2.81. The molecule has 1 N–H and O–H groups in total. The lowest BCUT2D eigenvalue weighted by Crippen LogP contribution is -2.31. The van der Waals surface area contributed by atoms with Crippen molar-refractivity contribution >= 4 is 10.0 Å². The summed E-state index contributed by atoms with van der Waals surface area (Å²) in [6, 6.07) is -0.133. The van der Waals surface area contributed by atoms with Gasteiger partial charge in [-0.05, 0) is 13.8 Å². The molecule has 0 atom stereocenters. The number of nitrogens with zero attached hydrogens (tertiary/aromatic N) is 1. The molecule has 0 aliphatic heterocycles. The smallest absolute Gasteiger partial charge is 0.298 e. The first-order chi connectivity index (χ1) is 4.48. The number of hydrogen-bond donors (Lipinski definition) is 1. The summed E-state index contributed by atoms with van der Waals surface area (Å²) in [4.78, 5) is 2.76. The van der Waals surface area contributed by atoms with E-state index in [4.69, 9.17) is 6.57 Å². The lowest BCUT2D eigenvalue weighted by atomic mass is 10.4. The van der Waals surface area contributed by atoms with Crippen LogP contribution < -0.4 is 4.72 Å². The first kappa shape index (κ1) is 9.40. The largest absolute Gasteiger partial charge is 0.325 e. The molecular formula is C5H10N2O2S. The number of rotatable bonds is 3. The second kappa shape index (κ2) is 3.54. The zero-order valence-corrected chi connectivity index (χ0v) is 6.77. The molecule has 0 aliphatic carbocycles. The van der Waals surface area contributed by atoms with Crippen molar-refractivity contribution in [3.05, 3.63) is 11.4 Å². The average Bonchev–Trinajstić information content (AvgIpc) is 1.59. The number of hydrogen-bond acceptors (Lipinski definition) is 2. The van der Waals surface area contributed by atoms with E-state index in [0.717, 1.165) is 0 Å². The molecule has 0 rings (SSSR count). The summed E-state index contributed by atoms with van der Waals surface area (Å²) >= 11 is 0. The molecule has 0 saturated carbocycles. The predicted molar refractivity (Wildman–Crippen MR) is 38.7 cm³/mol. The van der Waals surface area contributed by atoms with Gasteiger partial charge in [0.1, 0.15) is 0 Å². The summed E-state index contributed by atoms with van der Waals surface area (Å²) in [6.45, 7) is 9.73. The Kier molecular flexibility index (Phi) is 3.33. The summed E-state index contributed by atoms with van der Waals surface area (Å²) in [5, 5.41) is 0. The highest BCUT2D eigenvalue weighted by atomic mass is 32.2. The van der Waals surface area contributed by atoms with E-state index in [1.54, 1.807) is 13.8 Å². The van der Waals surface area contributed by atoms with E-state index in [1.807, 2.05) is 0 Å². The molecule has 0 spiro atoms. The third kappa shape index (κ3) is 4.30. The zero-order valence-electron chi connectivity index (χ0n) is 5.96. The Morgan fingerprint density at radius 3 is 2.40 bits per heavy atom. The third-order valence-electron chi connectivity index (χ3n) is 0.650. The lowest BCUT2D eigenvalue weighted by Gasteiger charge is -2.02. The minimum absolute atomic E-state index is 0.133. The van der Waals surface area contributed by atoms with E-state index in [1.165, 1.54) is 0 Å². The topological polar surface area (TPSA) is 50.5 Å². The second-order valence-corrected chi connectivity index (χ2v) is 3.90. The van der Waals surface area contributed by atoms with Gasteiger partial charge in [-0.2, -0.15) is 0 Å². The van der Waals surface area contributed by atoms with Crippen LogP contribution in [-0.4, -0.2) is 20.3 Å². The predicted octanol–water partition coefficient (Wildman–Crippen LogP) is 0.191. The van der Waals surface area contributed by atoms with Crippen LogP contribution in [0.4, 0.5) is 0 Å². The molecule has 0 aromatic carbocycles. The molecule has 58 valence electrons. The van der Waals surface area contributed by atoms with Crippen molar-refractivity contribution in [2.24, 2.45) is 0 Å². The maximum atomic E-state index is 10.7. The van der Waals surface area contributed by atoms with Crippen molar-refractivity contribution in [3.8, 4) is 0 Å². The highest BCUT2D eigenvalue weighted by Crippen LogP contribution is 1.87. The fraction of sp³-hybridized carbons (Fsp3) is 0.800. The van der Waals surface area contributed by atoms with Crippen LogP contribution in [0.25, 0.3) is 4.85 Å². The van der Waals surface area contributed by atoms with Crippen molar-refractivity contribution in [2.75, 3.05) is 5.88 Å². The van der Waals surface area contributed by atoms with Crippen molar-refractivity contribution in [1.82, 2.24) is 4.72 Å². The van der Waals surface area contributed by atoms with Gasteiger partial charge in [0.05, 0.1) is 0 Å². The van der Waals surface area contributed by atoms with Crippen molar-refractivity contribution in [1.29, 1.82) is 0 Å². The lowest BCUT2D eigenvalue weighted by molar-refractivity contribution is 0.573. The summed E-state index contributed by atoms with van der Waals surface area (Å²) < 4.78 is 23.7. The standard InChI is InChI=1S/C5H10N2O2S/c1-5(2)7-10(8,9)4-6-3/h5,7H,4H2,1-2H3. The van der Waals surface area contributed by atoms with Crippen molar-refractivity contribution in [3.63, 3.8) is 0 Å². The van der Waals surface area contributed by atoms with Gasteiger partial charge in [0.2, 0.25) is 0 Å². The SMILES string of the molecule is [C-]#[N+]CS(=O)(=O)NC(C)C. The van der Waals surface area contributed by atoms with E-state index in [-0.39, 0.29) is 6.04 Å². The molecule has 0 fully saturated rings. The summed E-state index contributed by atoms with van der Waals surface area (Å²) in [7, 11) is -3.34. The molecule has 0 aromatic rings. The maximum Gasteiger partial charge on any atom is 0.325 e. The van der Waals surface area contributed by atoms with Crippen molar-refractivity contribution in [2.45, 2.75) is 19.9 Å². The molecule has 0 aromatic heterocycles. The monoisotopic (exact) mass is 162 g/mol. The maximum absolute atomic E-state index is 10.7. The molecule has 0 radical (unpaired) electrons. The Morgan fingerprint density at radius 2 is 2.10 bits per heavy atom. The molecule has 0 heterocycles. The molecule has 0 bridgehead atoms. The first-order valence-corrected chi connectivity index (χ1v) is 4.46. The Bertz CT molecular complexity index is 225. The summed E-state index contributed by atoms with van der Waals surface area (Å²) in [6.07, 6.45) is 0. The van der Waals surface area contributed by atoms with Crippen LogP contribution >= 0.6 is 0 Å². The van der Waals surface area contributed by atoms with Gasteiger partial charge in [-0.25, -0.2) is 19.7 Å². The Morgan fingerprint density at radius 1 is 1.60 bits per heavy atom. The fourth-order valence-electron chi connectivity index (χ4n) is 0.481. The van der Waals surface area contributed by atoms with Crippen LogP contribution in [0.1, 0.15) is 13.8 Å². The molecule has 5 heteroatoms. The second-order valence-electron chi connectivity index (χ2n) is 2.17. The van der Waals surface area contributed by atoms with Gasteiger partial charge in [-0.1, -0.05) is 0 Å². The van der Waals surface area contributed by atoms with Crippen LogP contribution in [-0.2, 0) is 10.0 Å². The van der Waals surface area contributed by atoms with Crippen LogP contribution in [0.15, 0.2) is 0 Å². The highest BCUT2D eigenvalue weighted by Gasteiger charge is 2.13. The van der Waals surface area contributed by atoms with Crippen LogP contribution in [0, 0.1) is 6.57 Å². The van der Waals surface area contributed by atoms with Gasteiger partial charge in [0, 0.05) is 6.04 Å². The average molecular weight is 162 g/mol. The quantitative estimate of drug-likeness (QED) is 0.602. The van der Waals surface area contributed by atoms with Gasteiger partial charge in [-0.3, -0.25) is 4.85 Å². The number of sulfonamides is 1. The van der Waals surface area contributed by atoms with Crippen LogP contribution in [0.2, 0.25) is 0 Å². The molecule has 4 nitrogen and oxygen atoms in total. The zero-order chi connectivity index (χ0) is 8.20. The minimum Gasteiger partial charge on any atom is -0.298 e. The van der Waals surface area contributed by atoms with E-state index in [0.29, 0.717) is 0 Å². The van der Waals surface area contributed by atoms with Gasteiger partial charge in [-0.15, -0.1) is 0 Å². The molecule has 0 aliphatic rings. The molecular weight excluding hydrogens is 152 g/mol. The van der Waals surface area contributed by atoms with Crippen LogP contribution in [0.5, 0.6) is 0 Å². The third-order valence-corrected chi connectivity index (χ3v) is 1.95. The van der Waals surface area contributed by atoms with E-state index in [2.05, 4.69) is 9.57 Å². The summed E-state index contributed by atoms with van der Waals surface area (Å²) in [5.74, 6) is -0.481. The van der Waals surface area contributed by atoms with Gasteiger partial charge in [0.15, 0.2) is 0 Å². The minimum atomic E-state index is -3.34. The molecule has 0 amide bonds. The summed E-state index contributed by atoms with van der Waals surface area (Å²) in [5.41, 5.74) is 0. The molecule has 0 unspecified atom stereocenters. The Balaban J connectivity index is 4.05. The van der Waals surface area contributed by atoms with Gasteiger partial charge >= 0.3 is 5.88 Å². The van der Waals surface area contributed by atoms with Crippen LogP contribution in [0.3, 0.4) is 0 Å². The van der Waals surface area contributed by atoms with Crippen molar-refractivity contribution < 1.29 is 8.42 Å². The number of nitrogens with one attached hydrogen (secondary N) is 1. The normalized spacial score (nSPS) is 11.4. The van der Waals surface area contributed by atoms with E-state index in [9.17, 15) is 8.42 Å². The highest BCUT2D eigenvalue weighted by molar-refractivity contribution is 7.89. The van der Waals surface area contributed by atoms with Gasteiger partial charge in [0.25, 0.3) is 10.0 Å². The van der Waals surface area contributed by atoms with Gasteiger partial charge < -0.3 is 0 Å². The fourth-order valence-corrected chi connectivity index (χ4v) is 1.44. The van der Waals surface area contributed by atoms with E-state index < -0.39 is 15.9 Å².